The molecular formula is C18H23N3S. The molecule has 0 amide bonds. The molecule has 0 unspecified atom stereocenters. The van der Waals surface area contributed by atoms with Gasteiger partial charge in [0.05, 0.1) is 0 Å². The second kappa shape index (κ2) is 7.92. The lowest BCUT2D eigenvalue weighted by Gasteiger charge is -2.13. The molecule has 0 aliphatic carbocycles. The molecular weight excluding hydrogens is 290 g/mol. The van der Waals surface area contributed by atoms with E-state index in [4.69, 9.17) is 12.2 Å². The predicted octanol–water partition coefficient (Wildman–Crippen LogP) is 3.54. The molecule has 0 aliphatic rings. The number of aryl methyl sites for hydroxylation is 1. The molecule has 0 aromatic heterocycles. The molecule has 0 bridgehead atoms. The Labute approximate surface area is 138 Å². The number of rotatable bonds is 5. The van der Waals surface area contributed by atoms with Crippen molar-refractivity contribution in [1.82, 2.24) is 10.2 Å². The van der Waals surface area contributed by atoms with E-state index in [0.29, 0.717) is 5.11 Å². The fraction of sp³-hybridized carbons (Fsp3) is 0.278. The zero-order chi connectivity index (χ0) is 15.9. The average molecular weight is 313 g/mol. The highest BCUT2D eigenvalue weighted by Crippen LogP contribution is 2.13. The Bertz CT molecular complexity index is 620. The molecule has 2 aromatic carbocycles. The van der Waals surface area contributed by atoms with Gasteiger partial charge in [-0.1, -0.05) is 42.5 Å². The Hall–Kier alpha value is -1.91. The van der Waals surface area contributed by atoms with Gasteiger partial charge in [-0.25, -0.2) is 0 Å². The van der Waals surface area contributed by atoms with Gasteiger partial charge >= 0.3 is 0 Å². The zero-order valence-electron chi connectivity index (χ0n) is 13.4. The first-order valence-electron chi connectivity index (χ1n) is 7.37. The van der Waals surface area contributed by atoms with Crippen molar-refractivity contribution in [2.45, 2.75) is 20.0 Å². The third-order valence-corrected chi connectivity index (χ3v) is 3.61. The molecule has 2 N–H and O–H groups in total. The first kappa shape index (κ1) is 16.5. The van der Waals surface area contributed by atoms with Crippen LogP contribution in [0.15, 0.2) is 48.5 Å². The maximum absolute atomic E-state index is 5.35. The first-order chi connectivity index (χ1) is 10.5. The van der Waals surface area contributed by atoms with Crippen LogP contribution in [0.25, 0.3) is 0 Å². The highest BCUT2D eigenvalue weighted by atomic mass is 32.1. The molecule has 0 spiro atoms. The van der Waals surface area contributed by atoms with Crippen molar-refractivity contribution in [2.75, 3.05) is 19.4 Å². The van der Waals surface area contributed by atoms with E-state index in [9.17, 15) is 0 Å². The fourth-order valence-electron chi connectivity index (χ4n) is 2.19. The molecule has 2 aromatic rings. The van der Waals surface area contributed by atoms with Crippen LogP contribution in [-0.2, 0) is 13.1 Å². The van der Waals surface area contributed by atoms with Crippen LogP contribution in [0.4, 0.5) is 5.69 Å². The van der Waals surface area contributed by atoms with E-state index in [1.54, 1.807) is 0 Å². The average Bonchev–Trinajstić information content (AvgIpc) is 2.48. The van der Waals surface area contributed by atoms with Crippen molar-refractivity contribution in [1.29, 1.82) is 0 Å². The standard InChI is InChI=1S/C18H23N3S/c1-14-6-4-5-7-17(14)20-18(22)19-12-15-8-10-16(11-9-15)13-21(2)3/h4-11H,12-13H2,1-3H3,(H2,19,20,22). The number of hydrogen-bond donors (Lipinski definition) is 2. The number of hydrogen-bond acceptors (Lipinski definition) is 2. The summed E-state index contributed by atoms with van der Waals surface area (Å²) in [7, 11) is 4.15. The van der Waals surface area contributed by atoms with Gasteiger partial charge in [0.2, 0.25) is 0 Å². The third-order valence-electron chi connectivity index (χ3n) is 3.37. The molecule has 0 aliphatic heterocycles. The van der Waals surface area contributed by atoms with Crippen LogP contribution >= 0.6 is 12.2 Å². The van der Waals surface area contributed by atoms with E-state index in [-0.39, 0.29) is 0 Å². The molecule has 4 heteroatoms. The summed E-state index contributed by atoms with van der Waals surface area (Å²) in [5.74, 6) is 0. The lowest BCUT2D eigenvalue weighted by atomic mass is 10.1. The third kappa shape index (κ3) is 5.13. The van der Waals surface area contributed by atoms with Crippen LogP contribution < -0.4 is 10.6 Å². The van der Waals surface area contributed by atoms with Gasteiger partial charge in [-0.2, -0.15) is 0 Å². The van der Waals surface area contributed by atoms with Gasteiger partial charge in [0.1, 0.15) is 0 Å². The Kier molecular flexibility index (Phi) is 5.92. The van der Waals surface area contributed by atoms with E-state index in [1.807, 2.05) is 18.2 Å². The summed E-state index contributed by atoms with van der Waals surface area (Å²) in [5, 5.41) is 7.12. The predicted molar refractivity (Wildman–Crippen MR) is 98.1 cm³/mol. The Morgan fingerprint density at radius 2 is 1.64 bits per heavy atom. The van der Waals surface area contributed by atoms with Crippen LogP contribution in [0.3, 0.4) is 0 Å². The van der Waals surface area contributed by atoms with Crippen LogP contribution in [0, 0.1) is 6.92 Å². The van der Waals surface area contributed by atoms with Gasteiger partial charge in [-0.05, 0) is 56.0 Å². The van der Waals surface area contributed by atoms with Crippen molar-refractivity contribution in [2.24, 2.45) is 0 Å². The van der Waals surface area contributed by atoms with Crippen molar-refractivity contribution in [3.8, 4) is 0 Å². The zero-order valence-corrected chi connectivity index (χ0v) is 14.2. The van der Waals surface area contributed by atoms with Gasteiger partial charge in [-0.3, -0.25) is 0 Å². The minimum atomic E-state index is 0.645. The van der Waals surface area contributed by atoms with Gasteiger partial charge in [0, 0.05) is 18.8 Å². The summed E-state index contributed by atoms with van der Waals surface area (Å²) in [5.41, 5.74) is 4.76. The summed E-state index contributed by atoms with van der Waals surface area (Å²) in [6, 6.07) is 16.7. The second-order valence-electron chi connectivity index (χ2n) is 5.68. The fourth-order valence-corrected chi connectivity index (χ4v) is 2.37. The van der Waals surface area contributed by atoms with E-state index < -0.39 is 0 Å². The minimum Gasteiger partial charge on any atom is -0.358 e. The Morgan fingerprint density at radius 1 is 1.00 bits per heavy atom. The van der Waals surface area contributed by atoms with Crippen LogP contribution in [0.2, 0.25) is 0 Å². The molecule has 0 saturated heterocycles. The molecule has 2 rings (SSSR count). The van der Waals surface area contributed by atoms with Crippen molar-refractivity contribution >= 4 is 23.0 Å². The van der Waals surface area contributed by atoms with Gasteiger partial charge in [0.15, 0.2) is 5.11 Å². The molecule has 3 nitrogen and oxygen atoms in total. The molecule has 0 radical (unpaired) electrons. The number of nitrogens with zero attached hydrogens (tertiary/aromatic N) is 1. The largest absolute Gasteiger partial charge is 0.358 e. The van der Waals surface area contributed by atoms with Gasteiger partial charge < -0.3 is 15.5 Å². The molecule has 0 heterocycles. The van der Waals surface area contributed by atoms with Gasteiger partial charge in [-0.15, -0.1) is 0 Å². The van der Waals surface area contributed by atoms with Crippen molar-refractivity contribution in [3.63, 3.8) is 0 Å². The van der Waals surface area contributed by atoms with Crippen LogP contribution in [0.1, 0.15) is 16.7 Å². The Morgan fingerprint density at radius 3 is 2.27 bits per heavy atom. The molecule has 0 fully saturated rings. The topological polar surface area (TPSA) is 27.3 Å². The van der Waals surface area contributed by atoms with Crippen LogP contribution in [-0.4, -0.2) is 24.1 Å². The second-order valence-corrected chi connectivity index (χ2v) is 6.09. The quantitative estimate of drug-likeness (QED) is 0.826. The summed E-state index contributed by atoms with van der Waals surface area (Å²) >= 11 is 5.35. The normalized spacial score (nSPS) is 10.5. The van der Waals surface area contributed by atoms with Crippen molar-refractivity contribution < 1.29 is 0 Å². The molecule has 0 atom stereocenters. The lowest BCUT2D eigenvalue weighted by Crippen LogP contribution is -2.28. The monoisotopic (exact) mass is 313 g/mol. The first-order valence-corrected chi connectivity index (χ1v) is 7.78. The van der Waals surface area contributed by atoms with E-state index >= 15 is 0 Å². The number of thiocarbonyl (C=S) groups is 1. The SMILES string of the molecule is Cc1ccccc1NC(=S)NCc1ccc(CN(C)C)cc1. The smallest absolute Gasteiger partial charge is 0.171 e. The lowest BCUT2D eigenvalue weighted by molar-refractivity contribution is 0.402. The maximum atomic E-state index is 5.35. The summed E-state index contributed by atoms with van der Waals surface area (Å²) < 4.78 is 0. The van der Waals surface area contributed by atoms with E-state index in [2.05, 4.69) is 66.9 Å². The number of para-hydroxylation sites is 1. The molecule has 0 saturated carbocycles. The highest BCUT2D eigenvalue weighted by molar-refractivity contribution is 7.80. The highest BCUT2D eigenvalue weighted by Gasteiger charge is 2.01. The number of anilines is 1. The Balaban J connectivity index is 1.85. The minimum absolute atomic E-state index is 0.645. The summed E-state index contributed by atoms with van der Waals surface area (Å²) in [6.45, 7) is 3.75. The molecule has 22 heavy (non-hydrogen) atoms. The van der Waals surface area contributed by atoms with E-state index in [0.717, 1.165) is 18.8 Å². The summed E-state index contributed by atoms with van der Waals surface area (Å²) in [6.07, 6.45) is 0. The number of nitrogens with one attached hydrogen (secondary N) is 2. The number of benzene rings is 2. The van der Waals surface area contributed by atoms with Gasteiger partial charge in [0.25, 0.3) is 0 Å². The van der Waals surface area contributed by atoms with Crippen molar-refractivity contribution in [3.05, 3.63) is 65.2 Å². The maximum Gasteiger partial charge on any atom is 0.171 e. The summed E-state index contributed by atoms with van der Waals surface area (Å²) in [4.78, 5) is 2.16. The van der Waals surface area contributed by atoms with Crippen LogP contribution in [0.5, 0.6) is 0 Å². The van der Waals surface area contributed by atoms with E-state index in [1.165, 1.54) is 16.7 Å². The molecule has 116 valence electrons.